The molecule has 0 spiro atoms. The van der Waals surface area contributed by atoms with E-state index in [1.165, 1.54) is 6.07 Å². The number of carbonyl (C=O) groups is 1. The van der Waals surface area contributed by atoms with Gasteiger partial charge in [0.1, 0.15) is 4.90 Å². The fourth-order valence-electron chi connectivity index (χ4n) is 4.09. The largest absolute Gasteiger partial charge is 0.550 e. The normalized spacial score (nSPS) is 16.1. The maximum absolute atomic E-state index is 13.2. The third-order valence-corrected chi connectivity index (χ3v) is 9.02. The second-order valence-electron chi connectivity index (χ2n) is 8.10. The van der Waals surface area contributed by atoms with Crippen LogP contribution in [0.1, 0.15) is 25.5 Å². The predicted octanol–water partition coefficient (Wildman–Crippen LogP) is -1.78. The molecule has 188 valence electrons. The second-order valence-corrected chi connectivity index (χ2v) is 11.8. The number of tetrazole rings is 1. The third kappa shape index (κ3) is 4.82. The van der Waals surface area contributed by atoms with Crippen LogP contribution < -0.4 is 15.6 Å². The van der Waals surface area contributed by atoms with Crippen LogP contribution in [0.2, 0.25) is 0 Å². The van der Waals surface area contributed by atoms with Crippen molar-refractivity contribution >= 4 is 25.8 Å². The van der Waals surface area contributed by atoms with Crippen molar-refractivity contribution in [3.63, 3.8) is 0 Å². The van der Waals surface area contributed by atoms with E-state index in [-0.39, 0.29) is 29.4 Å². The summed E-state index contributed by atoms with van der Waals surface area (Å²) < 4.78 is 53.8. The minimum atomic E-state index is -4.47. The van der Waals surface area contributed by atoms with E-state index in [1.54, 1.807) is 12.3 Å². The molecule has 0 radical (unpaired) electrons. The van der Waals surface area contributed by atoms with Crippen molar-refractivity contribution in [1.29, 1.82) is 0 Å². The molecule has 2 aromatic heterocycles. The average Bonchev–Trinajstić information content (AvgIpc) is 3.40. The summed E-state index contributed by atoms with van der Waals surface area (Å²) in [6.07, 6.45) is 4.39. The molecule has 1 aromatic carbocycles. The molecule has 2 aliphatic heterocycles. The molecule has 35 heavy (non-hydrogen) atoms. The number of nitrogens with two attached hydrogens (primary N) is 1. The molecule has 0 atom stereocenters. The highest BCUT2D eigenvalue weighted by molar-refractivity contribution is 7.94. The Kier molecular flexibility index (Phi) is 6.72. The van der Waals surface area contributed by atoms with Crippen LogP contribution in [0.5, 0.6) is 0 Å². The summed E-state index contributed by atoms with van der Waals surface area (Å²) in [5.74, 6) is -1.14. The van der Waals surface area contributed by atoms with E-state index in [0.717, 1.165) is 38.4 Å². The number of benzene rings is 1. The van der Waals surface area contributed by atoms with Crippen LogP contribution in [0.4, 0.5) is 0 Å². The number of aromatic amines is 1. The lowest BCUT2D eigenvalue weighted by Crippen LogP contribution is -2.51. The molecule has 5 rings (SSSR count). The molecule has 1 saturated heterocycles. The van der Waals surface area contributed by atoms with Crippen LogP contribution in [0.15, 0.2) is 28.1 Å². The van der Waals surface area contributed by atoms with Gasteiger partial charge in [0.2, 0.25) is 15.8 Å². The Morgan fingerprint density at radius 1 is 1.17 bits per heavy atom. The number of carboxylic acids is 1. The summed E-state index contributed by atoms with van der Waals surface area (Å²) in [5, 5.41) is 34.7. The minimum absolute atomic E-state index is 0.00554. The molecule has 0 saturated carbocycles. The standard InChI is InChI=1S/C17H20N8O4S2.C2H4O2/c18-31(28,29)16-14(30(26,27)10-7-19-8-10)5-4-11(15(16)17-21-23-24-22-17)12-9-20-25-6-2-1-3-13(12)25;1-2(3)4/h4-5,9-10,19H,1-3,6-8H2,(H2,18,28,29)(H,21,22,23,24);1H3,(H,3,4)/p-1. The maximum atomic E-state index is 13.2. The van der Waals surface area contributed by atoms with Gasteiger partial charge in [0.25, 0.3) is 0 Å². The van der Waals surface area contributed by atoms with Crippen molar-refractivity contribution in [2.45, 2.75) is 47.8 Å². The molecule has 3 aromatic rings. The molecule has 14 nitrogen and oxygen atoms in total. The molecule has 0 aliphatic carbocycles. The summed E-state index contributed by atoms with van der Waals surface area (Å²) >= 11 is 0. The molecule has 0 unspecified atom stereocenters. The number of aromatic nitrogens is 6. The van der Waals surface area contributed by atoms with E-state index in [9.17, 15) is 16.8 Å². The molecule has 4 N–H and O–H groups in total. The quantitative estimate of drug-likeness (QED) is 0.339. The van der Waals surface area contributed by atoms with Gasteiger partial charge in [-0.05, 0) is 43.0 Å². The van der Waals surface area contributed by atoms with Gasteiger partial charge < -0.3 is 15.2 Å². The van der Waals surface area contributed by atoms with Crippen LogP contribution >= 0.6 is 0 Å². The van der Waals surface area contributed by atoms with Crippen molar-refractivity contribution < 1.29 is 26.7 Å². The number of nitrogens with one attached hydrogen (secondary N) is 2. The Balaban J connectivity index is 0.000000672. The Hall–Kier alpha value is -3.21. The minimum Gasteiger partial charge on any atom is -0.550 e. The maximum Gasteiger partial charge on any atom is 0.240 e. The van der Waals surface area contributed by atoms with Crippen molar-refractivity contribution in [2.24, 2.45) is 5.14 Å². The molecule has 0 amide bonds. The number of rotatable bonds is 5. The van der Waals surface area contributed by atoms with Gasteiger partial charge in [-0.15, -0.1) is 10.2 Å². The van der Waals surface area contributed by atoms with Gasteiger partial charge in [-0.1, -0.05) is 6.07 Å². The molecule has 0 bridgehead atoms. The van der Waals surface area contributed by atoms with Gasteiger partial charge in [-0.3, -0.25) is 4.68 Å². The molecule has 2 aliphatic rings. The zero-order valence-corrected chi connectivity index (χ0v) is 20.3. The fourth-order valence-corrected chi connectivity index (χ4v) is 7.27. The lowest BCUT2D eigenvalue weighted by Gasteiger charge is -2.28. The average molecular weight is 524 g/mol. The van der Waals surface area contributed by atoms with E-state index in [4.69, 9.17) is 15.0 Å². The number of hydrogen-bond donors (Lipinski definition) is 3. The number of aryl methyl sites for hydroxylation is 1. The monoisotopic (exact) mass is 523 g/mol. The Morgan fingerprint density at radius 2 is 1.89 bits per heavy atom. The smallest absolute Gasteiger partial charge is 0.240 e. The number of aliphatic carboxylic acids is 1. The van der Waals surface area contributed by atoms with Crippen molar-refractivity contribution in [1.82, 2.24) is 35.7 Å². The van der Waals surface area contributed by atoms with Gasteiger partial charge in [-0.2, -0.15) is 10.3 Å². The first-order chi connectivity index (χ1) is 16.5. The number of nitrogens with zero attached hydrogens (tertiary/aromatic N) is 5. The Labute approximate surface area is 200 Å². The first-order valence-electron chi connectivity index (χ1n) is 10.6. The van der Waals surface area contributed by atoms with E-state index in [0.29, 0.717) is 11.1 Å². The van der Waals surface area contributed by atoms with Crippen LogP contribution in [0.25, 0.3) is 22.5 Å². The lowest BCUT2D eigenvalue weighted by atomic mass is 9.96. The molecular formula is C19H23N8O6S2-. The molecular weight excluding hydrogens is 500 g/mol. The first kappa shape index (κ1) is 24.9. The van der Waals surface area contributed by atoms with E-state index in [1.807, 2.05) is 4.68 Å². The number of fused-ring (bicyclic) bond motifs is 1. The molecule has 4 heterocycles. The third-order valence-electron chi connectivity index (χ3n) is 5.74. The highest BCUT2D eigenvalue weighted by Gasteiger charge is 2.39. The number of sulfonamides is 1. The van der Waals surface area contributed by atoms with Gasteiger partial charge >= 0.3 is 0 Å². The molecule has 1 fully saturated rings. The second kappa shape index (κ2) is 9.44. The topological polar surface area (TPSA) is 219 Å². The van der Waals surface area contributed by atoms with Gasteiger partial charge in [0, 0.05) is 36.9 Å². The summed E-state index contributed by atoms with van der Waals surface area (Å²) in [6, 6.07) is 2.88. The van der Waals surface area contributed by atoms with Crippen molar-refractivity contribution in [3.05, 3.63) is 24.0 Å². The highest BCUT2D eigenvalue weighted by atomic mass is 32.2. The number of sulfone groups is 1. The number of carboxylic acid groups (broad SMARTS) is 1. The fraction of sp³-hybridized carbons (Fsp3) is 0.421. The number of H-pyrrole nitrogens is 1. The SMILES string of the molecule is CC(=O)[O-].NS(=O)(=O)c1c(S(=O)(=O)C2CNC2)ccc(-c2cnn3c2CCCC3)c1-c1nn[nH]n1. The van der Waals surface area contributed by atoms with Gasteiger partial charge in [0.05, 0.1) is 21.9 Å². The summed E-state index contributed by atoms with van der Waals surface area (Å²) in [4.78, 5) is 8.01. The zero-order chi connectivity index (χ0) is 25.4. The van der Waals surface area contributed by atoms with Crippen molar-refractivity contribution in [3.8, 4) is 22.5 Å². The Bertz CT molecular complexity index is 1460. The lowest BCUT2D eigenvalue weighted by molar-refractivity contribution is -0.302. The molecule has 16 heteroatoms. The first-order valence-corrected chi connectivity index (χ1v) is 13.7. The van der Waals surface area contributed by atoms with Crippen LogP contribution in [-0.2, 0) is 37.6 Å². The van der Waals surface area contributed by atoms with Crippen LogP contribution in [0, 0.1) is 0 Å². The predicted molar refractivity (Wildman–Crippen MR) is 120 cm³/mol. The van der Waals surface area contributed by atoms with E-state index < -0.39 is 36.0 Å². The van der Waals surface area contributed by atoms with E-state index in [2.05, 4.69) is 31.0 Å². The van der Waals surface area contributed by atoms with E-state index >= 15 is 0 Å². The number of primary sulfonamides is 1. The van der Waals surface area contributed by atoms with Gasteiger partial charge in [-0.25, -0.2) is 22.0 Å². The Morgan fingerprint density at radius 3 is 2.46 bits per heavy atom. The summed E-state index contributed by atoms with van der Waals surface area (Å²) in [6.45, 7) is 2.21. The van der Waals surface area contributed by atoms with Gasteiger partial charge in [0.15, 0.2) is 9.84 Å². The summed E-state index contributed by atoms with van der Waals surface area (Å²) in [7, 11) is -8.44. The zero-order valence-electron chi connectivity index (χ0n) is 18.6. The summed E-state index contributed by atoms with van der Waals surface area (Å²) in [5.41, 5.74) is 2.08. The van der Waals surface area contributed by atoms with Crippen molar-refractivity contribution in [2.75, 3.05) is 13.1 Å². The van der Waals surface area contributed by atoms with Crippen LogP contribution in [0.3, 0.4) is 0 Å². The number of hydrogen-bond acceptors (Lipinski definition) is 11. The van der Waals surface area contributed by atoms with Crippen LogP contribution in [-0.4, -0.2) is 71.5 Å². The number of carbonyl (C=O) groups excluding carboxylic acids is 1. The highest BCUT2D eigenvalue weighted by Crippen LogP contribution is 2.41.